The van der Waals surface area contributed by atoms with E-state index in [9.17, 15) is 22.7 Å². The zero-order chi connectivity index (χ0) is 24.2. The molecule has 1 aliphatic heterocycles. The summed E-state index contributed by atoms with van der Waals surface area (Å²) in [5.41, 5.74) is -0.553. The molecular formula is C21H28FN4O6S-. The Balaban J connectivity index is 1.86. The van der Waals surface area contributed by atoms with Crippen molar-refractivity contribution in [2.75, 3.05) is 32.1 Å². The lowest BCUT2D eigenvalue weighted by molar-refractivity contribution is -0.125. The van der Waals surface area contributed by atoms with E-state index < -0.39 is 40.2 Å². The Hall–Kier alpha value is -2.41. The first-order valence-corrected chi connectivity index (χ1v) is 11.8. The van der Waals surface area contributed by atoms with Crippen LogP contribution in [0.1, 0.15) is 31.3 Å². The molecule has 2 unspecified atom stereocenters. The van der Waals surface area contributed by atoms with Crippen molar-refractivity contribution < 1.29 is 32.2 Å². The van der Waals surface area contributed by atoms with Crippen LogP contribution >= 0.6 is 0 Å². The van der Waals surface area contributed by atoms with Gasteiger partial charge in [0, 0.05) is 17.7 Å². The van der Waals surface area contributed by atoms with Gasteiger partial charge in [-0.2, -0.15) is 5.10 Å². The Morgan fingerprint density at radius 2 is 2.12 bits per heavy atom. The summed E-state index contributed by atoms with van der Waals surface area (Å²) in [4.78, 5) is 25.9. The molecule has 3 atom stereocenters. The highest BCUT2D eigenvalue weighted by Gasteiger charge is 2.34. The van der Waals surface area contributed by atoms with E-state index in [-0.39, 0.29) is 36.2 Å². The van der Waals surface area contributed by atoms with Gasteiger partial charge in [-0.05, 0) is 11.5 Å². The fourth-order valence-electron chi connectivity index (χ4n) is 3.56. The van der Waals surface area contributed by atoms with Gasteiger partial charge in [0.1, 0.15) is 23.5 Å². The lowest BCUT2D eigenvalue weighted by Crippen LogP contribution is -2.54. The highest BCUT2D eigenvalue weighted by molar-refractivity contribution is 7.79. The van der Waals surface area contributed by atoms with Gasteiger partial charge in [0.2, 0.25) is 5.91 Å². The largest absolute Gasteiger partial charge is 0.772 e. The average Bonchev–Trinajstić information content (AvgIpc) is 3.11. The number of halogens is 1. The first-order valence-electron chi connectivity index (χ1n) is 10.6. The van der Waals surface area contributed by atoms with Crippen LogP contribution in [0.25, 0.3) is 10.9 Å². The van der Waals surface area contributed by atoms with Crippen LogP contribution in [0.15, 0.2) is 18.2 Å². The first kappa shape index (κ1) is 25.2. The minimum Gasteiger partial charge on any atom is -0.772 e. The van der Waals surface area contributed by atoms with Gasteiger partial charge in [-0.3, -0.25) is 18.5 Å². The zero-order valence-electron chi connectivity index (χ0n) is 18.8. The summed E-state index contributed by atoms with van der Waals surface area (Å²) < 4.78 is 48.5. The summed E-state index contributed by atoms with van der Waals surface area (Å²) in [5.74, 6) is -1.94. The van der Waals surface area contributed by atoms with Crippen LogP contribution in [0.5, 0.6) is 0 Å². The van der Waals surface area contributed by atoms with Crippen LogP contribution in [-0.4, -0.2) is 74.6 Å². The molecule has 10 nitrogen and oxygen atoms in total. The van der Waals surface area contributed by atoms with E-state index in [1.807, 2.05) is 0 Å². The van der Waals surface area contributed by atoms with Crippen molar-refractivity contribution in [2.45, 2.75) is 39.5 Å². The molecule has 0 bridgehead atoms. The third kappa shape index (κ3) is 6.34. The summed E-state index contributed by atoms with van der Waals surface area (Å²) in [6.07, 6.45) is -0.336. The van der Waals surface area contributed by atoms with Gasteiger partial charge in [0.25, 0.3) is 5.91 Å². The number of aromatic nitrogens is 2. The third-order valence-electron chi connectivity index (χ3n) is 5.17. The third-order valence-corrected chi connectivity index (χ3v) is 5.71. The summed E-state index contributed by atoms with van der Waals surface area (Å²) in [6, 6.07) is 3.38. The lowest BCUT2D eigenvalue weighted by atomic mass is 9.86. The highest BCUT2D eigenvalue weighted by atomic mass is 32.2. The Bertz CT molecular complexity index is 1030. The van der Waals surface area contributed by atoms with Crippen LogP contribution in [0.3, 0.4) is 0 Å². The molecule has 182 valence electrons. The predicted octanol–water partition coefficient (Wildman–Crippen LogP) is 0.731. The van der Waals surface area contributed by atoms with E-state index >= 15 is 0 Å². The zero-order valence-corrected chi connectivity index (χ0v) is 19.6. The first-order chi connectivity index (χ1) is 15.6. The normalized spacial score (nSPS) is 18.6. The van der Waals surface area contributed by atoms with Crippen LogP contribution in [0, 0.1) is 11.2 Å². The van der Waals surface area contributed by atoms with E-state index in [4.69, 9.17) is 9.47 Å². The topological polar surface area (TPSA) is 135 Å². The number of ether oxygens (including phenoxy) is 2. The van der Waals surface area contributed by atoms with E-state index in [1.54, 1.807) is 26.8 Å². The van der Waals surface area contributed by atoms with E-state index in [0.717, 1.165) is 0 Å². The summed E-state index contributed by atoms with van der Waals surface area (Å²) in [6.45, 7) is 6.64. The number of nitrogens with one attached hydrogen (secondary N) is 2. The average molecular weight is 484 g/mol. The lowest BCUT2D eigenvalue weighted by Gasteiger charge is -2.30. The molecule has 2 amide bonds. The molecule has 1 aliphatic rings. The predicted molar refractivity (Wildman–Crippen MR) is 118 cm³/mol. The number of carbonyl (C=O) groups excluding carboxylic acids is 2. The number of amides is 2. The minimum atomic E-state index is -2.30. The molecule has 2 heterocycles. The molecule has 2 aromatic rings. The number of hydrogen-bond acceptors (Lipinski definition) is 7. The number of fused-ring (bicyclic) bond motifs is 1. The van der Waals surface area contributed by atoms with Crippen molar-refractivity contribution in [2.24, 2.45) is 5.41 Å². The van der Waals surface area contributed by atoms with Crippen molar-refractivity contribution in [1.82, 2.24) is 20.4 Å². The second-order valence-electron chi connectivity index (χ2n) is 8.81. The molecule has 1 fully saturated rings. The molecule has 0 spiro atoms. The summed E-state index contributed by atoms with van der Waals surface area (Å²) in [7, 11) is 0. The minimum absolute atomic E-state index is 0.0241. The molecule has 0 radical (unpaired) electrons. The molecule has 1 aromatic carbocycles. The van der Waals surface area contributed by atoms with Gasteiger partial charge >= 0.3 is 0 Å². The smallest absolute Gasteiger partial charge is 0.273 e. The van der Waals surface area contributed by atoms with Gasteiger partial charge in [0.15, 0.2) is 5.69 Å². The Kier molecular flexibility index (Phi) is 8.16. The maximum Gasteiger partial charge on any atom is 0.273 e. The second-order valence-corrected chi connectivity index (χ2v) is 9.82. The fourth-order valence-corrected chi connectivity index (χ4v) is 3.83. The molecule has 3 rings (SSSR count). The Morgan fingerprint density at radius 3 is 2.76 bits per heavy atom. The van der Waals surface area contributed by atoms with Crippen LogP contribution in [0.4, 0.5) is 4.39 Å². The molecular weight excluding hydrogens is 455 g/mol. The van der Waals surface area contributed by atoms with E-state index in [1.165, 1.54) is 16.8 Å². The SMILES string of the molecule is CC(C)(C)C(NC(=O)c1nn(C[C@@H]2COCCO2)c2c(F)cccc12)C(=O)NCCS(=O)[O-]. The molecule has 1 aromatic heterocycles. The van der Waals surface area contributed by atoms with Crippen LogP contribution in [0.2, 0.25) is 0 Å². The monoisotopic (exact) mass is 483 g/mol. The van der Waals surface area contributed by atoms with E-state index in [0.29, 0.717) is 25.2 Å². The number of benzene rings is 1. The van der Waals surface area contributed by atoms with Gasteiger partial charge in [-0.15, -0.1) is 0 Å². The maximum absolute atomic E-state index is 14.7. The quantitative estimate of drug-likeness (QED) is 0.529. The van der Waals surface area contributed by atoms with Crippen molar-refractivity contribution in [3.63, 3.8) is 0 Å². The number of hydrogen-bond donors (Lipinski definition) is 2. The number of carbonyl (C=O) groups is 2. The number of rotatable bonds is 8. The molecule has 1 saturated heterocycles. The molecule has 33 heavy (non-hydrogen) atoms. The molecule has 12 heteroatoms. The Labute approximate surface area is 193 Å². The molecule has 0 aliphatic carbocycles. The van der Waals surface area contributed by atoms with Crippen molar-refractivity contribution in [3.05, 3.63) is 29.7 Å². The molecule has 2 N–H and O–H groups in total. The van der Waals surface area contributed by atoms with Gasteiger partial charge in [-0.1, -0.05) is 44.0 Å². The second kappa shape index (κ2) is 10.7. The number of nitrogens with zero attached hydrogens (tertiary/aromatic N) is 2. The summed E-state index contributed by atoms with van der Waals surface area (Å²) in [5, 5.41) is 9.85. The maximum atomic E-state index is 14.7. The standard InChI is InChI=1S/C21H29FN4O6S/c1-21(2,3)18(20(28)23-7-10-33(29)30)24-19(27)16-14-5-4-6-15(22)17(14)26(25-16)11-13-12-31-8-9-32-13/h4-6,13,18H,7-12H2,1-3H3,(H,23,28)(H,24,27)(H,29,30)/p-1/t13-,18?/m1/s1. The van der Waals surface area contributed by atoms with Crippen molar-refractivity contribution >= 4 is 33.8 Å². The highest BCUT2D eigenvalue weighted by Crippen LogP contribution is 2.24. The Morgan fingerprint density at radius 1 is 1.36 bits per heavy atom. The van der Waals surface area contributed by atoms with Crippen LogP contribution < -0.4 is 10.6 Å². The van der Waals surface area contributed by atoms with Crippen molar-refractivity contribution in [1.29, 1.82) is 0 Å². The van der Waals surface area contributed by atoms with Gasteiger partial charge < -0.3 is 24.7 Å². The number of para-hydroxylation sites is 1. The van der Waals surface area contributed by atoms with Crippen molar-refractivity contribution in [3.8, 4) is 0 Å². The molecule has 0 saturated carbocycles. The van der Waals surface area contributed by atoms with E-state index in [2.05, 4.69) is 15.7 Å². The van der Waals surface area contributed by atoms with Gasteiger partial charge in [0.05, 0.1) is 26.4 Å². The van der Waals surface area contributed by atoms with Crippen LogP contribution in [-0.2, 0) is 31.9 Å². The fraction of sp³-hybridized carbons (Fsp3) is 0.571. The summed E-state index contributed by atoms with van der Waals surface area (Å²) >= 11 is -2.30. The van der Waals surface area contributed by atoms with Gasteiger partial charge in [-0.25, -0.2) is 4.39 Å².